The van der Waals surface area contributed by atoms with E-state index in [1.54, 1.807) is 0 Å². The SMILES string of the molecule is CC(c1ccc(-c2ccc(OC(=O)O)c(Cl)c2)cc1Cl)C(O)(c1ccc2c(c1)n(C)c(=O)n2C)C(F)(F)F. The van der Waals surface area contributed by atoms with Gasteiger partial charge in [0.2, 0.25) is 0 Å². The number of carbonyl (C=O) groups is 1. The molecule has 0 spiro atoms. The van der Waals surface area contributed by atoms with Crippen LogP contribution in [0.15, 0.2) is 59.4 Å². The minimum absolute atomic E-state index is 0.00983. The molecule has 7 nitrogen and oxygen atoms in total. The smallest absolute Gasteiger partial charge is 0.449 e. The molecule has 0 aliphatic carbocycles. The zero-order valence-corrected chi connectivity index (χ0v) is 21.7. The summed E-state index contributed by atoms with van der Waals surface area (Å²) in [6, 6.07) is 12.3. The molecule has 3 aromatic carbocycles. The summed E-state index contributed by atoms with van der Waals surface area (Å²) in [4.78, 5) is 23.0. The Bertz CT molecular complexity index is 1630. The Kier molecular flexibility index (Phi) is 7.02. The molecule has 0 saturated carbocycles. The van der Waals surface area contributed by atoms with Gasteiger partial charge in [-0.15, -0.1) is 0 Å². The highest BCUT2D eigenvalue weighted by Gasteiger charge is 2.59. The Morgan fingerprint density at radius 2 is 1.50 bits per heavy atom. The van der Waals surface area contributed by atoms with Crippen molar-refractivity contribution >= 4 is 40.4 Å². The second kappa shape index (κ2) is 9.68. The lowest BCUT2D eigenvalue weighted by Crippen LogP contribution is -2.46. The molecule has 2 unspecified atom stereocenters. The highest BCUT2D eigenvalue weighted by molar-refractivity contribution is 6.32. The van der Waals surface area contributed by atoms with Crippen molar-refractivity contribution < 1.29 is 32.9 Å². The molecule has 0 saturated heterocycles. The lowest BCUT2D eigenvalue weighted by atomic mass is 9.77. The maximum Gasteiger partial charge on any atom is 0.511 e. The number of hydrogen-bond donors (Lipinski definition) is 2. The lowest BCUT2D eigenvalue weighted by Gasteiger charge is -2.37. The predicted molar refractivity (Wildman–Crippen MR) is 137 cm³/mol. The van der Waals surface area contributed by atoms with Crippen LogP contribution >= 0.6 is 23.2 Å². The number of imidazole rings is 1. The van der Waals surface area contributed by atoms with Gasteiger partial charge in [-0.1, -0.05) is 54.4 Å². The average Bonchev–Trinajstić information content (AvgIpc) is 3.06. The van der Waals surface area contributed by atoms with Crippen LogP contribution in [0.25, 0.3) is 22.2 Å². The van der Waals surface area contributed by atoms with Gasteiger partial charge in [0.15, 0.2) is 11.4 Å². The Morgan fingerprint density at radius 3 is 2.05 bits per heavy atom. The molecule has 12 heteroatoms. The zero-order chi connectivity index (χ0) is 28.2. The van der Waals surface area contributed by atoms with Crippen LogP contribution < -0.4 is 10.4 Å². The first kappa shape index (κ1) is 27.6. The molecular weight excluding hydrogens is 548 g/mol. The largest absolute Gasteiger partial charge is 0.511 e. The predicted octanol–water partition coefficient (Wildman–Crippen LogP) is 6.46. The molecule has 2 atom stereocenters. The number of benzene rings is 3. The highest BCUT2D eigenvalue weighted by Crippen LogP contribution is 2.50. The van der Waals surface area contributed by atoms with Crippen LogP contribution in [0.1, 0.15) is 24.0 Å². The molecule has 1 aromatic heterocycles. The van der Waals surface area contributed by atoms with E-state index in [-0.39, 0.29) is 26.9 Å². The summed E-state index contributed by atoms with van der Waals surface area (Å²) in [7, 11) is 2.94. The van der Waals surface area contributed by atoms with Gasteiger partial charge in [-0.3, -0.25) is 9.13 Å². The Labute approximate surface area is 224 Å². The van der Waals surface area contributed by atoms with Crippen molar-refractivity contribution in [1.29, 1.82) is 0 Å². The van der Waals surface area contributed by atoms with Crippen LogP contribution in [-0.4, -0.2) is 31.7 Å². The quantitative estimate of drug-likeness (QED) is 0.213. The number of hydrogen-bond acceptors (Lipinski definition) is 4. The van der Waals surface area contributed by atoms with Crippen molar-refractivity contribution in [3.05, 3.63) is 86.3 Å². The first-order valence-electron chi connectivity index (χ1n) is 11.1. The van der Waals surface area contributed by atoms with Crippen LogP contribution in [0.3, 0.4) is 0 Å². The van der Waals surface area contributed by atoms with E-state index >= 15 is 0 Å². The molecule has 0 aliphatic rings. The fourth-order valence-electron chi connectivity index (χ4n) is 4.54. The van der Waals surface area contributed by atoms with E-state index in [9.17, 15) is 27.9 Å². The number of ether oxygens (including phenoxy) is 1. The molecule has 1 heterocycles. The van der Waals surface area contributed by atoms with Gasteiger partial charge >= 0.3 is 18.0 Å². The van der Waals surface area contributed by atoms with Crippen molar-refractivity contribution in [2.24, 2.45) is 14.1 Å². The van der Waals surface area contributed by atoms with Gasteiger partial charge < -0.3 is 14.9 Å². The molecule has 0 radical (unpaired) electrons. The molecule has 38 heavy (non-hydrogen) atoms. The first-order valence-corrected chi connectivity index (χ1v) is 11.9. The zero-order valence-electron chi connectivity index (χ0n) is 20.2. The number of aliphatic hydroxyl groups is 1. The van der Waals surface area contributed by atoms with Crippen molar-refractivity contribution in [1.82, 2.24) is 9.13 Å². The molecule has 0 fully saturated rings. The maximum atomic E-state index is 14.5. The van der Waals surface area contributed by atoms with Gasteiger partial charge in [0, 0.05) is 25.0 Å². The topological polar surface area (TPSA) is 93.7 Å². The van der Waals surface area contributed by atoms with E-state index in [1.807, 2.05) is 0 Å². The van der Waals surface area contributed by atoms with Gasteiger partial charge in [-0.25, -0.2) is 9.59 Å². The van der Waals surface area contributed by atoms with Gasteiger partial charge in [-0.05, 0) is 52.6 Å². The molecule has 0 aliphatic heterocycles. The van der Waals surface area contributed by atoms with Crippen LogP contribution in [0.4, 0.5) is 18.0 Å². The standard InChI is InChI=1S/C26H21Cl2F3N2O5/c1-13(17-7-4-14(10-18(17)27)15-5-9-22(19(28)11-15)38-24(35)36)25(37,26(29,30)31)16-6-8-20-21(12-16)33(3)23(34)32(20)2/h4-13,37H,1-3H3,(H,35,36). The highest BCUT2D eigenvalue weighted by atomic mass is 35.5. The summed E-state index contributed by atoms with van der Waals surface area (Å²) < 4.78 is 50.7. The van der Waals surface area contributed by atoms with E-state index in [4.69, 9.17) is 28.3 Å². The van der Waals surface area contributed by atoms with E-state index < -0.39 is 35.1 Å². The number of alkyl halides is 3. The minimum atomic E-state index is -5.09. The van der Waals surface area contributed by atoms with Gasteiger partial charge in [0.05, 0.1) is 16.1 Å². The molecule has 4 aromatic rings. The number of fused-ring (bicyclic) bond motifs is 1. The van der Waals surface area contributed by atoms with Crippen molar-refractivity contribution in [3.63, 3.8) is 0 Å². The molecule has 200 valence electrons. The summed E-state index contributed by atoms with van der Waals surface area (Å²) >= 11 is 12.5. The summed E-state index contributed by atoms with van der Waals surface area (Å²) in [6.45, 7) is 1.22. The number of halogens is 5. The lowest BCUT2D eigenvalue weighted by molar-refractivity contribution is -0.274. The normalized spacial score (nSPS) is 14.3. The fourth-order valence-corrected chi connectivity index (χ4v) is 5.11. The van der Waals surface area contributed by atoms with Crippen LogP contribution in [-0.2, 0) is 19.7 Å². The number of nitrogens with zero attached hydrogens (tertiary/aromatic N) is 2. The number of aromatic nitrogens is 2. The van der Waals surface area contributed by atoms with Gasteiger partial charge in [0.1, 0.15) is 0 Å². The third-order valence-corrected chi connectivity index (χ3v) is 7.32. The fraction of sp³-hybridized carbons (Fsp3) is 0.231. The Hall–Kier alpha value is -3.47. The Balaban J connectivity index is 1.77. The first-order chi connectivity index (χ1) is 17.7. The molecule has 0 bridgehead atoms. The maximum absolute atomic E-state index is 14.5. The van der Waals surface area contributed by atoms with E-state index in [2.05, 4.69) is 4.74 Å². The van der Waals surface area contributed by atoms with Crippen LogP contribution in [0, 0.1) is 0 Å². The second-order valence-electron chi connectivity index (χ2n) is 8.84. The number of rotatable bonds is 5. The molecule has 0 amide bonds. The molecule has 2 N–H and O–H groups in total. The molecule has 4 rings (SSSR count). The average molecular weight is 569 g/mol. The summed E-state index contributed by atoms with van der Waals surface area (Å²) in [6.07, 6.45) is -6.63. The number of carboxylic acid groups (broad SMARTS) is 1. The third kappa shape index (κ3) is 4.53. The Morgan fingerprint density at radius 1 is 0.921 bits per heavy atom. The summed E-state index contributed by atoms with van der Waals surface area (Å²) in [5.41, 5.74) is -2.50. The van der Waals surface area contributed by atoms with E-state index in [0.29, 0.717) is 16.6 Å². The minimum Gasteiger partial charge on any atom is -0.449 e. The monoisotopic (exact) mass is 568 g/mol. The van der Waals surface area contributed by atoms with Gasteiger partial charge in [-0.2, -0.15) is 13.2 Å². The van der Waals surface area contributed by atoms with Gasteiger partial charge in [0.25, 0.3) is 0 Å². The van der Waals surface area contributed by atoms with Crippen molar-refractivity contribution in [2.45, 2.75) is 24.6 Å². The van der Waals surface area contributed by atoms with Crippen molar-refractivity contribution in [3.8, 4) is 16.9 Å². The summed E-state index contributed by atoms with van der Waals surface area (Å²) in [5, 5.41) is 20.0. The van der Waals surface area contributed by atoms with E-state index in [0.717, 1.165) is 12.1 Å². The van der Waals surface area contributed by atoms with Crippen LogP contribution in [0.5, 0.6) is 5.75 Å². The second-order valence-corrected chi connectivity index (χ2v) is 9.65. The molecular formula is C26H21Cl2F3N2O5. The third-order valence-electron chi connectivity index (χ3n) is 6.70. The van der Waals surface area contributed by atoms with Crippen LogP contribution in [0.2, 0.25) is 10.0 Å². The van der Waals surface area contributed by atoms with Crippen molar-refractivity contribution in [2.75, 3.05) is 0 Å². The van der Waals surface area contributed by atoms with E-state index in [1.165, 1.54) is 72.6 Å². The summed E-state index contributed by atoms with van der Waals surface area (Å²) in [5.74, 6) is -1.63. The number of aryl methyl sites for hydroxylation is 2.